The maximum absolute atomic E-state index is 12.2. The van der Waals surface area contributed by atoms with Crippen molar-refractivity contribution >= 4 is 56.5 Å². The van der Waals surface area contributed by atoms with Crippen LogP contribution in [0.5, 0.6) is 0 Å². The summed E-state index contributed by atoms with van der Waals surface area (Å²) < 4.78 is 0.822. The minimum atomic E-state index is -0.924. The lowest BCUT2D eigenvalue weighted by Crippen LogP contribution is -2.32. The first-order valence-electron chi connectivity index (χ1n) is 6.32. The van der Waals surface area contributed by atoms with Crippen LogP contribution in [0.2, 0.25) is 10.0 Å². The average Bonchev–Trinajstić information content (AvgIpc) is 2.75. The van der Waals surface area contributed by atoms with Gasteiger partial charge in [0.2, 0.25) is 0 Å². The van der Waals surface area contributed by atoms with Gasteiger partial charge < -0.3 is 10.4 Å². The van der Waals surface area contributed by atoms with Crippen LogP contribution in [0.15, 0.2) is 18.2 Å². The number of hydrogen-bond acceptors (Lipinski definition) is 3. The molecule has 0 aliphatic rings. The van der Waals surface area contributed by atoms with E-state index in [9.17, 15) is 9.59 Å². The van der Waals surface area contributed by atoms with Crippen molar-refractivity contribution in [3.05, 3.63) is 33.1 Å². The molecule has 0 aliphatic carbocycles. The molecule has 2 N–H and O–H groups in total. The number of nitrogens with one attached hydrogen (secondary N) is 1. The molecule has 1 unspecified atom stereocenters. The van der Waals surface area contributed by atoms with Gasteiger partial charge in [0.1, 0.15) is 4.88 Å². The van der Waals surface area contributed by atoms with Crippen molar-refractivity contribution in [2.45, 2.75) is 13.3 Å². The van der Waals surface area contributed by atoms with Gasteiger partial charge in [0.05, 0.1) is 10.9 Å². The zero-order valence-electron chi connectivity index (χ0n) is 11.2. The van der Waals surface area contributed by atoms with Gasteiger partial charge in [-0.25, -0.2) is 0 Å². The molecule has 1 aromatic heterocycles. The van der Waals surface area contributed by atoms with Gasteiger partial charge in [-0.3, -0.25) is 9.59 Å². The molecule has 0 aliphatic heterocycles. The molecule has 1 aromatic carbocycles. The van der Waals surface area contributed by atoms with E-state index in [-0.39, 0.29) is 12.5 Å². The number of rotatable bonds is 5. The summed E-state index contributed by atoms with van der Waals surface area (Å²) in [6.45, 7) is 1.84. The summed E-state index contributed by atoms with van der Waals surface area (Å²) in [4.78, 5) is 23.5. The van der Waals surface area contributed by atoms with Gasteiger partial charge in [-0.1, -0.05) is 36.2 Å². The third-order valence-corrected chi connectivity index (χ3v) is 5.04. The molecule has 0 fully saturated rings. The van der Waals surface area contributed by atoms with Gasteiger partial charge in [-0.05, 0) is 18.6 Å². The van der Waals surface area contributed by atoms with E-state index < -0.39 is 11.9 Å². The van der Waals surface area contributed by atoms with Crippen LogP contribution in [0.25, 0.3) is 10.1 Å². The van der Waals surface area contributed by atoms with Gasteiger partial charge in [-0.15, -0.1) is 11.3 Å². The average molecular weight is 346 g/mol. The number of hydrogen-bond donors (Lipinski definition) is 2. The molecule has 1 amide bonds. The highest BCUT2D eigenvalue weighted by molar-refractivity contribution is 7.21. The Morgan fingerprint density at radius 1 is 1.38 bits per heavy atom. The van der Waals surface area contributed by atoms with Crippen LogP contribution < -0.4 is 5.32 Å². The third kappa shape index (κ3) is 3.48. The summed E-state index contributed by atoms with van der Waals surface area (Å²) in [5.41, 5.74) is 0. The van der Waals surface area contributed by atoms with Crippen LogP contribution in [0.4, 0.5) is 0 Å². The second kappa shape index (κ2) is 6.64. The van der Waals surface area contributed by atoms with E-state index in [2.05, 4.69) is 5.32 Å². The van der Waals surface area contributed by atoms with E-state index in [4.69, 9.17) is 28.3 Å². The summed E-state index contributed by atoms with van der Waals surface area (Å²) in [5, 5.41) is 13.3. The van der Waals surface area contributed by atoms with E-state index in [0.717, 1.165) is 10.1 Å². The van der Waals surface area contributed by atoms with E-state index >= 15 is 0 Å². The van der Waals surface area contributed by atoms with E-state index in [1.807, 2.05) is 0 Å². The van der Waals surface area contributed by atoms with Crippen LogP contribution >= 0.6 is 34.5 Å². The lowest BCUT2D eigenvalue weighted by Gasteiger charge is -2.10. The number of carboxylic acids is 1. The van der Waals surface area contributed by atoms with Crippen molar-refractivity contribution in [2.75, 3.05) is 6.54 Å². The van der Waals surface area contributed by atoms with Crippen LogP contribution in [0, 0.1) is 5.92 Å². The molecule has 21 heavy (non-hydrogen) atoms. The van der Waals surface area contributed by atoms with Crippen LogP contribution in [-0.2, 0) is 4.79 Å². The van der Waals surface area contributed by atoms with Gasteiger partial charge in [0, 0.05) is 21.7 Å². The zero-order valence-corrected chi connectivity index (χ0v) is 13.5. The van der Waals surface area contributed by atoms with Crippen LogP contribution in [-0.4, -0.2) is 23.5 Å². The topological polar surface area (TPSA) is 66.4 Å². The fraction of sp³-hybridized carbons (Fsp3) is 0.286. The van der Waals surface area contributed by atoms with Gasteiger partial charge in [-0.2, -0.15) is 0 Å². The van der Waals surface area contributed by atoms with E-state index in [0.29, 0.717) is 21.3 Å². The molecule has 0 radical (unpaired) electrons. The van der Waals surface area contributed by atoms with Crippen LogP contribution in [0.3, 0.4) is 0 Å². The molecule has 0 spiro atoms. The predicted octanol–water partition coefficient (Wildman–Crippen LogP) is 4.05. The summed E-state index contributed by atoms with van der Waals surface area (Å²) in [7, 11) is 0. The molecule has 7 heteroatoms. The number of halogens is 2. The SMILES string of the molecule is CCC(CNC(=O)c1sc2cc(Cl)ccc2c1Cl)C(=O)O. The third-order valence-electron chi connectivity index (χ3n) is 3.15. The fourth-order valence-corrected chi connectivity index (χ4v) is 3.60. The maximum atomic E-state index is 12.2. The lowest BCUT2D eigenvalue weighted by molar-refractivity contribution is -0.141. The highest BCUT2D eigenvalue weighted by Crippen LogP contribution is 2.36. The number of carbonyl (C=O) groups excluding carboxylic acids is 1. The number of carbonyl (C=O) groups is 2. The first-order chi connectivity index (χ1) is 9.93. The van der Waals surface area contributed by atoms with Crippen LogP contribution in [0.1, 0.15) is 23.0 Å². The molecule has 2 aromatic rings. The summed E-state index contributed by atoms with van der Waals surface area (Å²) in [6, 6.07) is 5.22. The Labute approximate surface area is 135 Å². The number of amides is 1. The zero-order chi connectivity index (χ0) is 15.6. The van der Waals surface area contributed by atoms with Crippen molar-refractivity contribution in [3.63, 3.8) is 0 Å². The Balaban J connectivity index is 2.20. The quantitative estimate of drug-likeness (QED) is 0.858. The first-order valence-corrected chi connectivity index (χ1v) is 7.89. The minimum Gasteiger partial charge on any atom is -0.481 e. The first kappa shape index (κ1) is 16.1. The van der Waals surface area contributed by atoms with Crippen molar-refractivity contribution in [1.82, 2.24) is 5.32 Å². The molecule has 0 saturated heterocycles. The molecule has 2 rings (SSSR count). The molecule has 4 nitrogen and oxygen atoms in total. The van der Waals surface area contributed by atoms with Gasteiger partial charge in [0.15, 0.2) is 0 Å². The van der Waals surface area contributed by atoms with Gasteiger partial charge >= 0.3 is 5.97 Å². The maximum Gasteiger partial charge on any atom is 0.308 e. The smallest absolute Gasteiger partial charge is 0.308 e. The highest BCUT2D eigenvalue weighted by atomic mass is 35.5. The number of benzene rings is 1. The summed E-state index contributed by atoms with van der Waals surface area (Å²) in [5.74, 6) is -1.89. The molecular formula is C14H13Cl2NO3S. The standard InChI is InChI=1S/C14H13Cl2NO3S/c1-2-7(14(19)20)6-17-13(18)12-11(16)9-4-3-8(15)5-10(9)21-12/h3-5,7H,2,6H2,1H3,(H,17,18)(H,19,20). The normalized spacial score (nSPS) is 12.3. The number of carboxylic acid groups (broad SMARTS) is 1. The van der Waals surface area contributed by atoms with Crippen molar-refractivity contribution in [1.29, 1.82) is 0 Å². The summed E-state index contributed by atoms with van der Waals surface area (Å²) >= 11 is 13.4. The Morgan fingerprint density at radius 2 is 2.10 bits per heavy atom. The number of thiophene rings is 1. The fourth-order valence-electron chi connectivity index (χ4n) is 1.89. The predicted molar refractivity (Wildman–Crippen MR) is 85.6 cm³/mol. The largest absolute Gasteiger partial charge is 0.481 e. The van der Waals surface area contributed by atoms with Crippen molar-refractivity contribution in [3.8, 4) is 0 Å². The Hall–Kier alpha value is -1.30. The Kier molecular flexibility index (Phi) is 5.08. The Morgan fingerprint density at radius 3 is 2.71 bits per heavy atom. The number of fused-ring (bicyclic) bond motifs is 1. The van der Waals surface area contributed by atoms with E-state index in [1.54, 1.807) is 25.1 Å². The molecule has 0 saturated carbocycles. The van der Waals surface area contributed by atoms with Crippen molar-refractivity contribution in [2.24, 2.45) is 5.92 Å². The monoisotopic (exact) mass is 345 g/mol. The highest BCUT2D eigenvalue weighted by Gasteiger charge is 2.20. The number of aliphatic carboxylic acids is 1. The molecule has 112 valence electrons. The molecular weight excluding hydrogens is 333 g/mol. The summed E-state index contributed by atoms with van der Waals surface area (Å²) in [6.07, 6.45) is 0.450. The molecule has 0 bridgehead atoms. The van der Waals surface area contributed by atoms with Gasteiger partial charge in [0.25, 0.3) is 5.91 Å². The Bertz CT molecular complexity index is 699. The molecule has 1 atom stereocenters. The second-order valence-corrected chi connectivity index (χ2v) is 6.41. The van der Waals surface area contributed by atoms with E-state index in [1.165, 1.54) is 11.3 Å². The minimum absolute atomic E-state index is 0.0794. The lowest BCUT2D eigenvalue weighted by atomic mass is 10.1. The molecule has 1 heterocycles. The van der Waals surface area contributed by atoms with Crippen molar-refractivity contribution < 1.29 is 14.7 Å². The second-order valence-electron chi connectivity index (χ2n) is 4.54.